The number of halogens is 3. The number of hydrogen-bond acceptors (Lipinski definition) is 5. The molecule has 0 radical (unpaired) electrons. The third-order valence-electron chi connectivity index (χ3n) is 6.15. The summed E-state index contributed by atoms with van der Waals surface area (Å²) < 4.78 is 40.3. The molecule has 1 aliphatic rings. The highest BCUT2D eigenvalue weighted by Crippen LogP contribution is 2.32. The molecule has 2 N–H and O–H groups in total. The van der Waals surface area contributed by atoms with Crippen molar-refractivity contribution in [3.05, 3.63) is 58.9 Å². The van der Waals surface area contributed by atoms with Gasteiger partial charge >= 0.3 is 6.18 Å². The summed E-state index contributed by atoms with van der Waals surface area (Å²) in [6.07, 6.45) is -2.60. The zero-order valence-corrected chi connectivity index (χ0v) is 21.2. The van der Waals surface area contributed by atoms with Gasteiger partial charge in [0.2, 0.25) is 11.8 Å². The number of benzene rings is 1. The lowest BCUT2D eigenvalue weighted by molar-refractivity contribution is -0.140. The van der Waals surface area contributed by atoms with E-state index < -0.39 is 17.2 Å². The lowest BCUT2D eigenvalue weighted by Crippen LogP contribution is -2.42. The fourth-order valence-electron chi connectivity index (χ4n) is 4.25. The number of likely N-dealkylation sites (N-methyl/N-ethyl adjacent to an activating group) is 1. The zero-order chi connectivity index (χ0) is 26.5. The summed E-state index contributed by atoms with van der Waals surface area (Å²) in [4.78, 5) is 32.9. The van der Waals surface area contributed by atoms with Crippen LogP contribution in [-0.2, 0) is 35.3 Å². The molecule has 10 heteroatoms. The highest BCUT2D eigenvalue weighted by atomic mass is 19.4. The van der Waals surface area contributed by atoms with Crippen LogP contribution in [0.15, 0.2) is 36.5 Å². The van der Waals surface area contributed by atoms with Crippen LogP contribution in [-0.4, -0.2) is 59.8 Å². The van der Waals surface area contributed by atoms with Crippen molar-refractivity contribution in [2.24, 2.45) is 5.41 Å². The predicted molar refractivity (Wildman–Crippen MR) is 132 cm³/mol. The summed E-state index contributed by atoms with van der Waals surface area (Å²) >= 11 is 0. The van der Waals surface area contributed by atoms with E-state index >= 15 is 0 Å². The largest absolute Gasteiger partial charge is 0.418 e. The Morgan fingerprint density at radius 2 is 1.89 bits per heavy atom. The molecule has 2 amide bonds. The second kappa shape index (κ2) is 11.3. The number of nitrogens with zero attached hydrogens (tertiary/aromatic N) is 3. The molecule has 1 aliphatic heterocycles. The summed E-state index contributed by atoms with van der Waals surface area (Å²) in [5, 5.41) is 6.11. The molecule has 0 unspecified atom stereocenters. The van der Waals surface area contributed by atoms with Gasteiger partial charge in [0, 0.05) is 43.5 Å². The summed E-state index contributed by atoms with van der Waals surface area (Å²) in [7, 11) is 1.72. The molecule has 7 nitrogen and oxygen atoms in total. The van der Waals surface area contributed by atoms with Crippen molar-refractivity contribution in [3.8, 4) is 0 Å². The molecule has 0 bridgehead atoms. The predicted octanol–water partition coefficient (Wildman–Crippen LogP) is 3.69. The number of alkyl halides is 3. The van der Waals surface area contributed by atoms with Crippen molar-refractivity contribution in [2.45, 2.75) is 46.5 Å². The molecular weight excluding hydrogens is 471 g/mol. The fourth-order valence-corrected chi connectivity index (χ4v) is 4.25. The fraction of sp³-hybridized carbons (Fsp3) is 0.500. The molecular formula is C26H34F3N5O2. The maximum atomic E-state index is 13.4. The Balaban J connectivity index is 1.72. The first kappa shape index (κ1) is 27.4. The van der Waals surface area contributed by atoms with Crippen LogP contribution in [0.4, 0.5) is 18.9 Å². The molecule has 2 aromatic rings. The van der Waals surface area contributed by atoms with E-state index in [1.165, 1.54) is 17.2 Å². The van der Waals surface area contributed by atoms with Gasteiger partial charge in [-0.05, 0) is 42.8 Å². The van der Waals surface area contributed by atoms with Crippen LogP contribution >= 0.6 is 0 Å². The summed E-state index contributed by atoms with van der Waals surface area (Å²) in [5.41, 5.74) is 1.38. The van der Waals surface area contributed by atoms with Gasteiger partial charge in [-0.25, -0.2) is 0 Å². The summed E-state index contributed by atoms with van der Waals surface area (Å²) in [6, 6.07) is 7.95. The zero-order valence-electron chi connectivity index (χ0n) is 21.2. The molecule has 0 atom stereocenters. The van der Waals surface area contributed by atoms with E-state index in [0.29, 0.717) is 26.1 Å². The van der Waals surface area contributed by atoms with Gasteiger partial charge in [0.25, 0.3) is 0 Å². The highest BCUT2D eigenvalue weighted by Gasteiger charge is 2.35. The summed E-state index contributed by atoms with van der Waals surface area (Å²) in [6.45, 7) is 7.14. The van der Waals surface area contributed by atoms with Gasteiger partial charge in [0.05, 0.1) is 24.3 Å². The van der Waals surface area contributed by atoms with Crippen molar-refractivity contribution in [3.63, 3.8) is 0 Å². The van der Waals surface area contributed by atoms with Crippen LogP contribution in [0.25, 0.3) is 0 Å². The molecule has 1 aromatic heterocycles. The number of pyridine rings is 1. The van der Waals surface area contributed by atoms with E-state index in [9.17, 15) is 22.8 Å². The first-order valence-electron chi connectivity index (χ1n) is 12.0. The van der Waals surface area contributed by atoms with Gasteiger partial charge in [-0.3, -0.25) is 14.6 Å². The van der Waals surface area contributed by atoms with Gasteiger partial charge < -0.3 is 20.4 Å². The van der Waals surface area contributed by atoms with E-state index in [2.05, 4.69) is 15.6 Å². The molecule has 0 spiro atoms. The van der Waals surface area contributed by atoms with Crippen molar-refractivity contribution < 1.29 is 22.8 Å². The number of amides is 2. The van der Waals surface area contributed by atoms with Crippen LogP contribution in [0.2, 0.25) is 0 Å². The first-order chi connectivity index (χ1) is 16.9. The van der Waals surface area contributed by atoms with Crippen molar-refractivity contribution in [2.75, 3.05) is 38.5 Å². The third kappa shape index (κ3) is 6.75. The van der Waals surface area contributed by atoms with Crippen molar-refractivity contribution in [1.29, 1.82) is 0 Å². The van der Waals surface area contributed by atoms with E-state index in [1.54, 1.807) is 7.05 Å². The number of fused-ring (bicyclic) bond motifs is 1. The molecule has 2 heterocycles. The maximum Gasteiger partial charge on any atom is 0.418 e. The molecule has 0 saturated carbocycles. The topological polar surface area (TPSA) is 77.6 Å². The van der Waals surface area contributed by atoms with Gasteiger partial charge in [0.15, 0.2) is 0 Å². The average molecular weight is 506 g/mol. The standard InChI is InChI=1S/C26H34F3N5O2/c1-25(2,3)24(36)34-13-10-19-18(16-34)7-5-9-21(19)32-15-23(35)33(14-12-30-4)17-22-20(26(27,28)29)8-6-11-31-22/h5-9,11,30,32H,10,12-17H2,1-4H3. The monoisotopic (exact) mass is 505 g/mol. The lowest BCUT2D eigenvalue weighted by Gasteiger charge is -2.34. The molecule has 0 aliphatic carbocycles. The Kier molecular flexibility index (Phi) is 8.60. The van der Waals surface area contributed by atoms with Gasteiger partial charge in [0.1, 0.15) is 0 Å². The van der Waals surface area contributed by atoms with E-state index in [4.69, 9.17) is 0 Å². The van der Waals surface area contributed by atoms with Gasteiger partial charge in [-0.2, -0.15) is 13.2 Å². The summed E-state index contributed by atoms with van der Waals surface area (Å²) in [5.74, 6) is -0.239. The smallest absolute Gasteiger partial charge is 0.376 e. The van der Waals surface area contributed by atoms with Crippen LogP contribution in [0, 0.1) is 5.41 Å². The van der Waals surface area contributed by atoms with Crippen LogP contribution in [0.3, 0.4) is 0 Å². The van der Waals surface area contributed by atoms with Crippen LogP contribution in [0.5, 0.6) is 0 Å². The lowest BCUT2D eigenvalue weighted by atomic mass is 9.91. The quantitative estimate of drug-likeness (QED) is 0.572. The Labute approximate surface area is 210 Å². The maximum absolute atomic E-state index is 13.4. The van der Waals surface area contributed by atoms with Crippen LogP contribution in [0.1, 0.15) is 43.2 Å². The average Bonchev–Trinajstić information content (AvgIpc) is 2.83. The molecule has 1 aromatic carbocycles. The minimum absolute atomic E-state index is 0.0704. The van der Waals surface area contributed by atoms with Crippen molar-refractivity contribution in [1.82, 2.24) is 20.1 Å². The second-order valence-corrected chi connectivity index (χ2v) is 9.94. The second-order valence-electron chi connectivity index (χ2n) is 9.94. The molecule has 36 heavy (non-hydrogen) atoms. The first-order valence-corrected chi connectivity index (χ1v) is 12.0. The normalized spacial score (nSPS) is 13.8. The molecule has 0 saturated heterocycles. The van der Waals surface area contributed by atoms with E-state index in [0.717, 1.165) is 22.9 Å². The number of nitrogens with one attached hydrogen (secondary N) is 2. The van der Waals surface area contributed by atoms with Gasteiger partial charge in [-0.15, -0.1) is 0 Å². The van der Waals surface area contributed by atoms with Crippen LogP contribution < -0.4 is 10.6 Å². The van der Waals surface area contributed by atoms with E-state index in [-0.39, 0.29) is 37.1 Å². The Morgan fingerprint density at radius 3 is 2.56 bits per heavy atom. The third-order valence-corrected chi connectivity index (χ3v) is 6.15. The highest BCUT2D eigenvalue weighted by molar-refractivity contribution is 5.83. The number of aromatic nitrogens is 1. The number of rotatable bonds is 8. The minimum Gasteiger partial charge on any atom is -0.376 e. The number of hydrogen-bond donors (Lipinski definition) is 2. The van der Waals surface area contributed by atoms with E-state index in [1.807, 2.05) is 43.9 Å². The minimum atomic E-state index is -4.55. The Morgan fingerprint density at radius 1 is 1.14 bits per heavy atom. The molecule has 3 rings (SSSR count). The molecule has 0 fully saturated rings. The number of carbonyl (C=O) groups excluding carboxylic acids is 2. The Hall–Kier alpha value is -3.14. The van der Waals surface area contributed by atoms with Crippen molar-refractivity contribution >= 4 is 17.5 Å². The molecule has 196 valence electrons. The number of anilines is 1. The SMILES string of the molecule is CNCCN(Cc1ncccc1C(F)(F)F)C(=O)CNc1cccc2c1CCN(C(=O)C(C)(C)C)C2. The van der Waals surface area contributed by atoms with Gasteiger partial charge in [-0.1, -0.05) is 32.9 Å². The Bertz CT molecular complexity index is 1080. The number of carbonyl (C=O) groups is 2.